The fourth-order valence-electron chi connectivity index (χ4n) is 4.35. The number of hydrogen-bond donors (Lipinski definition) is 4. The van der Waals surface area contributed by atoms with Gasteiger partial charge in [0.25, 0.3) is 0 Å². The number of carboxylic acid groups (broad SMARTS) is 1. The minimum atomic E-state index is -4.45. The van der Waals surface area contributed by atoms with E-state index in [1.807, 2.05) is 0 Å². The zero-order chi connectivity index (χ0) is 31.9. The lowest BCUT2D eigenvalue weighted by molar-refractivity contribution is -0.138. The van der Waals surface area contributed by atoms with E-state index >= 15 is 0 Å². The van der Waals surface area contributed by atoms with Crippen LogP contribution in [0, 0.1) is 0 Å². The molecule has 4 aromatic rings. The van der Waals surface area contributed by atoms with Crippen LogP contribution in [-0.4, -0.2) is 32.6 Å². The number of aliphatic carboxylic acids is 1. The highest BCUT2D eigenvalue weighted by Crippen LogP contribution is 2.33. The van der Waals surface area contributed by atoms with Crippen molar-refractivity contribution in [1.29, 1.82) is 0 Å². The molecule has 2 amide bonds. The molecule has 0 heterocycles. The lowest BCUT2D eigenvalue weighted by Gasteiger charge is -2.19. The lowest BCUT2D eigenvalue weighted by atomic mass is 10.0. The molecule has 0 aliphatic heterocycles. The van der Waals surface area contributed by atoms with Crippen LogP contribution in [0.15, 0.2) is 102 Å². The van der Waals surface area contributed by atoms with Gasteiger partial charge in [-0.2, -0.15) is 13.2 Å². The molecule has 0 saturated heterocycles. The molecular weight excluding hydrogens is 599 g/mol. The van der Waals surface area contributed by atoms with Crippen LogP contribution in [0.1, 0.15) is 29.2 Å². The van der Waals surface area contributed by atoms with Gasteiger partial charge in [0, 0.05) is 12.2 Å². The van der Waals surface area contributed by atoms with Gasteiger partial charge in [-0.05, 0) is 58.7 Å². The Balaban J connectivity index is 1.51. The van der Waals surface area contributed by atoms with E-state index in [0.717, 1.165) is 12.1 Å². The second-order valence-electron chi connectivity index (χ2n) is 9.63. The van der Waals surface area contributed by atoms with E-state index in [9.17, 15) is 36.3 Å². The summed E-state index contributed by atoms with van der Waals surface area (Å²) in [5.74, 6) is -1.14. The van der Waals surface area contributed by atoms with Crippen LogP contribution in [0.4, 0.5) is 23.7 Å². The Kier molecular flexibility index (Phi) is 9.91. The first kappa shape index (κ1) is 32.0. The zero-order valence-electron chi connectivity index (χ0n) is 23.3. The van der Waals surface area contributed by atoms with Gasteiger partial charge in [0.2, 0.25) is 10.0 Å². The molecule has 0 saturated carbocycles. The number of ether oxygens (including phenoxy) is 1. The Morgan fingerprint density at radius 3 is 2.20 bits per heavy atom. The SMILES string of the molecule is COc1ccc(-c2cccc(NC(=O)NCc3ccc(C(F)(F)F)cc3)c2)cc1S(=O)(=O)NC(CC(=O)O)c1ccccc1. The average molecular weight is 628 g/mol. The fourth-order valence-corrected chi connectivity index (χ4v) is 5.77. The minimum absolute atomic E-state index is 0.0117. The first-order valence-corrected chi connectivity index (χ1v) is 14.6. The normalized spacial score (nSPS) is 12.3. The molecule has 44 heavy (non-hydrogen) atoms. The molecule has 9 nitrogen and oxygen atoms in total. The van der Waals surface area contributed by atoms with E-state index in [0.29, 0.717) is 27.9 Å². The predicted molar refractivity (Wildman–Crippen MR) is 157 cm³/mol. The van der Waals surface area contributed by atoms with Gasteiger partial charge < -0.3 is 20.5 Å². The van der Waals surface area contributed by atoms with E-state index < -0.39 is 46.2 Å². The van der Waals surface area contributed by atoms with Gasteiger partial charge in [0.05, 0.1) is 25.1 Å². The van der Waals surface area contributed by atoms with E-state index in [1.54, 1.807) is 60.7 Å². The number of carboxylic acids is 1. The summed E-state index contributed by atoms with van der Waals surface area (Å²) in [5, 5.41) is 14.6. The average Bonchev–Trinajstić information content (AvgIpc) is 2.99. The van der Waals surface area contributed by atoms with Crippen LogP contribution in [0.5, 0.6) is 5.75 Å². The maximum absolute atomic E-state index is 13.5. The number of sulfonamides is 1. The minimum Gasteiger partial charge on any atom is -0.495 e. The van der Waals surface area contributed by atoms with Crippen molar-refractivity contribution in [2.24, 2.45) is 0 Å². The molecule has 1 unspecified atom stereocenters. The largest absolute Gasteiger partial charge is 0.495 e. The molecule has 230 valence electrons. The Labute approximate surface area is 251 Å². The first-order chi connectivity index (χ1) is 20.9. The molecule has 13 heteroatoms. The van der Waals surface area contributed by atoms with Gasteiger partial charge in [0.15, 0.2) is 0 Å². The topological polar surface area (TPSA) is 134 Å². The van der Waals surface area contributed by atoms with Gasteiger partial charge in [-0.15, -0.1) is 0 Å². The third kappa shape index (κ3) is 8.36. The molecule has 0 aliphatic carbocycles. The zero-order valence-corrected chi connectivity index (χ0v) is 24.1. The van der Waals surface area contributed by atoms with Crippen molar-refractivity contribution >= 4 is 27.7 Å². The highest BCUT2D eigenvalue weighted by atomic mass is 32.2. The predicted octanol–water partition coefficient (Wildman–Crippen LogP) is 6.20. The third-order valence-electron chi connectivity index (χ3n) is 6.52. The summed E-state index contributed by atoms with van der Waals surface area (Å²) in [7, 11) is -2.97. The summed E-state index contributed by atoms with van der Waals surface area (Å²) in [4.78, 5) is 23.8. The Bertz CT molecular complexity index is 1730. The number of halogens is 3. The van der Waals surface area contributed by atoms with E-state index in [4.69, 9.17) is 4.74 Å². The fraction of sp³-hybridized carbons (Fsp3) is 0.161. The van der Waals surface area contributed by atoms with Crippen LogP contribution >= 0.6 is 0 Å². The van der Waals surface area contributed by atoms with Crippen LogP contribution in [-0.2, 0) is 27.5 Å². The van der Waals surface area contributed by atoms with Gasteiger partial charge >= 0.3 is 18.2 Å². The van der Waals surface area contributed by atoms with Gasteiger partial charge in [-0.1, -0.05) is 60.7 Å². The number of rotatable bonds is 11. The summed E-state index contributed by atoms with van der Waals surface area (Å²) in [6, 6.07) is 22.2. The van der Waals surface area contributed by atoms with Crippen molar-refractivity contribution < 1.29 is 41.0 Å². The van der Waals surface area contributed by atoms with Crippen LogP contribution in [0.3, 0.4) is 0 Å². The Hall–Kier alpha value is -4.88. The number of carbonyl (C=O) groups excluding carboxylic acids is 1. The second kappa shape index (κ2) is 13.6. The van der Waals surface area contributed by atoms with Crippen molar-refractivity contribution in [2.75, 3.05) is 12.4 Å². The third-order valence-corrected chi connectivity index (χ3v) is 8.01. The molecule has 0 aromatic heterocycles. The van der Waals surface area contributed by atoms with Crippen molar-refractivity contribution in [1.82, 2.24) is 10.0 Å². The van der Waals surface area contributed by atoms with Crippen LogP contribution < -0.4 is 20.1 Å². The van der Waals surface area contributed by atoms with E-state index in [-0.39, 0.29) is 17.2 Å². The molecule has 0 fully saturated rings. The van der Waals surface area contributed by atoms with E-state index in [1.165, 1.54) is 31.4 Å². The van der Waals surface area contributed by atoms with Crippen LogP contribution in [0.25, 0.3) is 11.1 Å². The van der Waals surface area contributed by atoms with Gasteiger partial charge in [0.1, 0.15) is 10.6 Å². The number of amides is 2. The smallest absolute Gasteiger partial charge is 0.416 e. The molecule has 4 rings (SSSR count). The molecule has 0 aliphatic rings. The quantitative estimate of drug-likeness (QED) is 0.157. The number of urea groups is 1. The molecular formula is C31H28F3N3O6S. The molecule has 4 aromatic carbocycles. The standard InChI is InChI=1S/C31H28F3N3O6S/c1-43-27-15-12-23(17-28(27)44(41,42)37-26(18-29(38)39)21-6-3-2-4-7-21)22-8-5-9-25(16-22)36-30(40)35-19-20-10-13-24(14-11-20)31(32,33)34/h2-17,26,37H,18-19H2,1H3,(H,38,39)(H2,35,36,40). The summed E-state index contributed by atoms with van der Waals surface area (Å²) in [6.07, 6.45) is -4.94. The molecule has 0 radical (unpaired) electrons. The van der Waals surface area contributed by atoms with Crippen molar-refractivity contribution in [3.8, 4) is 16.9 Å². The monoisotopic (exact) mass is 627 g/mol. The number of anilines is 1. The number of hydrogen-bond acceptors (Lipinski definition) is 5. The van der Waals surface area contributed by atoms with E-state index in [2.05, 4.69) is 15.4 Å². The Morgan fingerprint density at radius 2 is 1.57 bits per heavy atom. The summed E-state index contributed by atoms with van der Waals surface area (Å²) >= 11 is 0. The maximum atomic E-state index is 13.5. The molecule has 0 spiro atoms. The number of nitrogens with one attached hydrogen (secondary N) is 3. The number of methoxy groups -OCH3 is 1. The molecule has 4 N–H and O–H groups in total. The molecule has 1 atom stereocenters. The molecule has 0 bridgehead atoms. The number of alkyl halides is 3. The highest BCUT2D eigenvalue weighted by molar-refractivity contribution is 7.89. The highest BCUT2D eigenvalue weighted by Gasteiger charge is 2.30. The Morgan fingerprint density at radius 1 is 0.886 bits per heavy atom. The second-order valence-corrected chi connectivity index (χ2v) is 11.3. The summed E-state index contributed by atoms with van der Waals surface area (Å²) in [6.45, 7) is -0.0117. The van der Waals surface area contributed by atoms with Crippen molar-refractivity contribution in [3.05, 3.63) is 114 Å². The summed E-state index contributed by atoms with van der Waals surface area (Å²) < 4.78 is 73.1. The number of carbonyl (C=O) groups is 2. The first-order valence-electron chi connectivity index (χ1n) is 13.1. The number of benzene rings is 4. The van der Waals surface area contributed by atoms with Crippen molar-refractivity contribution in [3.63, 3.8) is 0 Å². The summed E-state index contributed by atoms with van der Waals surface area (Å²) in [5.41, 5.74) is 1.55. The van der Waals surface area contributed by atoms with Crippen molar-refractivity contribution in [2.45, 2.75) is 30.1 Å². The van der Waals surface area contributed by atoms with Crippen LogP contribution in [0.2, 0.25) is 0 Å². The lowest BCUT2D eigenvalue weighted by Crippen LogP contribution is -2.30. The van der Waals surface area contributed by atoms with Gasteiger partial charge in [-0.25, -0.2) is 17.9 Å². The maximum Gasteiger partial charge on any atom is 0.416 e. The van der Waals surface area contributed by atoms with Gasteiger partial charge in [-0.3, -0.25) is 4.79 Å².